The number of aryl methyl sites for hydroxylation is 1. The summed E-state index contributed by atoms with van der Waals surface area (Å²) in [6.45, 7) is 2.43. The highest BCUT2D eigenvalue weighted by Gasteiger charge is 2.32. The summed E-state index contributed by atoms with van der Waals surface area (Å²) >= 11 is 13.7. The average molecular weight is 343 g/mol. The van der Waals surface area contributed by atoms with Crippen molar-refractivity contribution in [3.63, 3.8) is 0 Å². The van der Waals surface area contributed by atoms with E-state index < -0.39 is 0 Å². The number of hydrogen-bond acceptors (Lipinski definition) is 4. The first-order valence-corrected chi connectivity index (χ1v) is 8.17. The average Bonchev–Trinajstić information content (AvgIpc) is 3.10. The van der Waals surface area contributed by atoms with Gasteiger partial charge in [-0.1, -0.05) is 34.4 Å². The number of carbonyl (C=O) groups excluding carboxylic acids is 1. The molecule has 2 heterocycles. The molecule has 1 aromatic carbocycles. The minimum Gasteiger partial charge on any atom is -0.361 e. The lowest BCUT2D eigenvalue weighted by Crippen LogP contribution is -2.30. The van der Waals surface area contributed by atoms with E-state index in [9.17, 15) is 4.79 Å². The standard InChI is InChI=1S/C14H12Cl2N2O2S/c1-8-6-12(17-20-8)13(19)18-4-5-21-14(18)9-2-3-10(15)11(16)7-9/h2-3,6-7,14H,4-5H2,1H3/t14-/m1/s1. The van der Waals surface area contributed by atoms with Gasteiger partial charge in [-0.25, -0.2) is 0 Å². The Balaban J connectivity index is 1.88. The Morgan fingerprint density at radius 2 is 2.19 bits per heavy atom. The molecule has 3 rings (SSSR count). The molecular weight excluding hydrogens is 331 g/mol. The van der Waals surface area contributed by atoms with Gasteiger partial charge in [-0.2, -0.15) is 0 Å². The third-order valence-corrected chi connectivity index (χ3v) is 5.23. The molecule has 1 fully saturated rings. The Labute approximate surface area is 136 Å². The molecule has 0 saturated carbocycles. The molecule has 0 bridgehead atoms. The van der Waals surface area contributed by atoms with Crippen LogP contribution in [0.1, 0.15) is 27.2 Å². The molecule has 0 aliphatic carbocycles. The van der Waals surface area contributed by atoms with Crippen molar-refractivity contribution in [1.82, 2.24) is 10.1 Å². The lowest BCUT2D eigenvalue weighted by atomic mass is 10.2. The van der Waals surface area contributed by atoms with Crippen LogP contribution in [0.4, 0.5) is 0 Å². The molecule has 1 atom stereocenters. The number of amides is 1. The number of thioether (sulfide) groups is 1. The van der Waals surface area contributed by atoms with Crippen LogP contribution in [0.25, 0.3) is 0 Å². The number of hydrogen-bond donors (Lipinski definition) is 0. The largest absolute Gasteiger partial charge is 0.361 e. The third kappa shape index (κ3) is 2.91. The Kier molecular flexibility index (Phi) is 4.15. The third-order valence-electron chi connectivity index (χ3n) is 3.23. The van der Waals surface area contributed by atoms with E-state index in [2.05, 4.69) is 5.16 Å². The van der Waals surface area contributed by atoms with Crippen LogP contribution in [0.5, 0.6) is 0 Å². The first-order valence-electron chi connectivity index (χ1n) is 6.37. The fraction of sp³-hybridized carbons (Fsp3) is 0.286. The molecule has 2 aromatic rings. The minimum absolute atomic E-state index is 0.0794. The topological polar surface area (TPSA) is 46.3 Å². The van der Waals surface area contributed by atoms with E-state index in [0.717, 1.165) is 11.3 Å². The quantitative estimate of drug-likeness (QED) is 0.821. The maximum Gasteiger partial charge on any atom is 0.277 e. The van der Waals surface area contributed by atoms with Gasteiger partial charge in [-0.15, -0.1) is 11.8 Å². The zero-order valence-corrected chi connectivity index (χ0v) is 13.5. The van der Waals surface area contributed by atoms with Gasteiger partial charge in [0.15, 0.2) is 5.69 Å². The second kappa shape index (κ2) is 5.91. The van der Waals surface area contributed by atoms with Crippen molar-refractivity contribution in [2.75, 3.05) is 12.3 Å². The van der Waals surface area contributed by atoms with E-state index in [1.807, 2.05) is 6.07 Å². The van der Waals surface area contributed by atoms with Gasteiger partial charge >= 0.3 is 0 Å². The second-order valence-electron chi connectivity index (χ2n) is 4.72. The highest BCUT2D eigenvalue weighted by Crippen LogP contribution is 2.40. The lowest BCUT2D eigenvalue weighted by Gasteiger charge is -2.23. The highest BCUT2D eigenvalue weighted by molar-refractivity contribution is 7.99. The molecule has 0 unspecified atom stereocenters. The van der Waals surface area contributed by atoms with Crippen molar-refractivity contribution in [3.8, 4) is 0 Å². The number of carbonyl (C=O) groups is 1. The molecule has 1 aliphatic rings. The molecule has 0 spiro atoms. The van der Waals surface area contributed by atoms with E-state index in [-0.39, 0.29) is 11.3 Å². The summed E-state index contributed by atoms with van der Waals surface area (Å²) in [4.78, 5) is 14.3. The van der Waals surface area contributed by atoms with E-state index in [1.165, 1.54) is 0 Å². The van der Waals surface area contributed by atoms with Gasteiger partial charge in [0, 0.05) is 18.4 Å². The fourth-order valence-corrected chi connectivity index (χ4v) is 3.79. The summed E-state index contributed by atoms with van der Waals surface area (Å²) in [6.07, 6.45) is 0. The van der Waals surface area contributed by atoms with Gasteiger partial charge in [-0.05, 0) is 24.6 Å². The van der Waals surface area contributed by atoms with Crippen LogP contribution in [0.3, 0.4) is 0 Å². The Morgan fingerprint density at radius 3 is 2.86 bits per heavy atom. The molecule has 1 aliphatic heterocycles. The van der Waals surface area contributed by atoms with Crippen molar-refractivity contribution < 1.29 is 9.32 Å². The lowest BCUT2D eigenvalue weighted by molar-refractivity contribution is 0.0750. The first kappa shape index (κ1) is 14.8. The van der Waals surface area contributed by atoms with Crippen molar-refractivity contribution in [2.24, 2.45) is 0 Å². The summed E-state index contributed by atoms with van der Waals surface area (Å²) in [5.41, 5.74) is 1.29. The van der Waals surface area contributed by atoms with Crippen LogP contribution in [0, 0.1) is 6.92 Å². The fourth-order valence-electron chi connectivity index (χ4n) is 2.23. The highest BCUT2D eigenvalue weighted by atomic mass is 35.5. The molecule has 21 heavy (non-hydrogen) atoms. The van der Waals surface area contributed by atoms with Crippen molar-refractivity contribution in [3.05, 3.63) is 51.3 Å². The Hall–Kier alpha value is -1.17. The number of halogens is 2. The van der Waals surface area contributed by atoms with Gasteiger partial charge in [0.1, 0.15) is 11.1 Å². The number of benzene rings is 1. The molecule has 1 saturated heterocycles. The van der Waals surface area contributed by atoms with Gasteiger partial charge in [0.25, 0.3) is 5.91 Å². The van der Waals surface area contributed by atoms with E-state index in [4.69, 9.17) is 27.7 Å². The monoisotopic (exact) mass is 342 g/mol. The predicted octanol–water partition coefficient (Wildman–Crippen LogP) is 4.18. The Morgan fingerprint density at radius 1 is 1.38 bits per heavy atom. The van der Waals surface area contributed by atoms with Crippen LogP contribution in [-0.2, 0) is 0 Å². The van der Waals surface area contributed by atoms with Crippen molar-refractivity contribution in [2.45, 2.75) is 12.3 Å². The summed E-state index contributed by atoms with van der Waals surface area (Å²) in [5.74, 6) is 1.36. The normalized spacial score (nSPS) is 18.2. The molecular formula is C14H12Cl2N2O2S. The molecule has 1 aromatic heterocycles. The van der Waals surface area contributed by atoms with Crippen LogP contribution >= 0.6 is 35.0 Å². The van der Waals surface area contributed by atoms with Crippen LogP contribution in [-0.4, -0.2) is 28.3 Å². The summed E-state index contributed by atoms with van der Waals surface area (Å²) in [6, 6.07) is 7.10. The maximum atomic E-state index is 12.5. The predicted molar refractivity (Wildman–Crippen MR) is 83.9 cm³/mol. The van der Waals surface area contributed by atoms with Gasteiger partial charge < -0.3 is 9.42 Å². The first-order chi connectivity index (χ1) is 10.1. The van der Waals surface area contributed by atoms with Crippen LogP contribution in [0.2, 0.25) is 10.0 Å². The summed E-state index contributed by atoms with van der Waals surface area (Å²) < 4.78 is 4.98. The zero-order chi connectivity index (χ0) is 15.0. The van der Waals surface area contributed by atoms with Gasteiger partial charge in [0.05, 0.1) is 10.0 Å². The van der Waals surface area contributed by atoms with Crippen molar-refractivity contribution in [1.29, 1.82) is 0 Å². The molecule has 7 heteroatoms. The second-order valence-corrected chi connectivity index (χ2v) is 6.72. The number of rotatable bonds is 2. The molecule has 4 nitrogen and oxygen atoms in total. The Bertz CT molecular complexity index is 689. The van der Waals surface area contributed by atoms with Crippen molar-refractivity contribution >= 4 is 40.9 Å². The van der Waals surface area contributed by atoms with E-state index in [0.29, 0.717) is 28.0 Å². The van der Waals surface area contributed by atoms with Crippen LogP contribution < -0.4 is 0 Å². The molecule has 110 valence electrons. The van der Waals surface area contributed by atoms with E-state index in [1.54, 1.807) is 41.8 Å². The van der Waals surface area contributed by atoms with Gasteiger partial charge in [-0.3, -0.25) is 4.79 Å². The number of aromatic nitrogens is 1. The molecule has 0 radical (unpaired) electrons. The zero-order valence-electron chi connectivity index (χ0n) is 11.2. The summed E-state index contributed by atoms with van der Waals surface area (Å²) in [5, 5.41) is 4.72. The molecule has 1 amide bonds. The molecule has 0 N–H and O–H groups in total. The number of nitrogens with zero attached hydrogens (tertiary/aromatic N) is 2. The smallest absolute Gasteiger partial charge is 0.277 e. The summed E-state index contributed by atoms with van der Waals surface area (Å²) in [7, 11) is 0. The van der Waals surface area contributed by atoms with E-state index >= 15 is 0 Å². The van der Waals surface area contributed by atoms with Gasteiger partial charge in [0.2, 0.25) is 0 Å². The SMILES string of the molecule is Cc1cc(C(=O)N2CCS[C@@H]2c2ccc(Cl)c(Cl)c2)no1. The maximum absolute atomic E-state index is 12.5. The minimum atomic E-state index is -0.132. The van der Waals surface area contributed by atoms with Crippen LogP contribution in [0.15, 0.2) is 28.8 Å².